The van der Waals surface area contributed by atoms with E-state index < -0.39 is 0 Å². The highest BCUT2D eigenvalue weighted by Crippen LogP contribution is 2.34. The van der Waals surface area contributed by atoms with E-state index in [9.17, 15) is 9.59 Å². The second-order valence-corrected chi connectivity index (χ2v) is 8.34. The minimum absolute atomic E-state index is 0.101. The molecule has 174 valence electrons. The molecule has 2 fully saturated rings. The predicted molar refractivity (Wildman–Crippen MR) is 120 cm³/mol. The number of likely N-dealkylation sites (tertiary alicyclic amines) is 1. The molecule has 3 aliphatic heterocycles. The van der Waals surface area contributed by atoms with Crippen molar-refractivity contribution < 1.29 is 28.5 Å². The number of hydrogen-bond donors (Lipinski definition) is 2. The summed E-state index contributed by atoms with van der Waals surface area (Å²) in [5, 5.41) is 5.75. The summed E-state index contributed by atoms with van der Waals surface area (Å²) in [6.45, 7) is 3.39. The molecule has 2 saturated heterocycles. The van der Waals surface area contributed by atoms with Crippen molar-refractivity contribution in [3.8, 4) is 11.5 Å². The molecule has 0 aromatic heterocycles. The van der Waals surface area contributed by atoms with Crippen molar-refractivity contribution in [2.24, 2.45) is 5.92 Å². The number of fused-ring (bicyclic) bond motifs is 1. The predicted octanol–water partition coefficient (Wildman–Crippen LogP) is 2.69. The number of hydrogen-bond acceptors (Lipinski definition) is 7. The van der Waals surface area contributed by atoms with E-state index in [0.717, 1.165) is 25.9 Å². The van der Waals surface area contributed by atoms with E-state index in [1.807, 2.05) is 0 Å². The van der Waals surface area contributed by atoms with Crippen molar-refractivity contribution in [1.29, 1.82) is 0 Å². The van der Waals surface area contributed by atoms with Crippen LogP contribution < -0.4 is 20.1 Å². The molecule has 0 aliphatic carbocycles. The van der Waals surface area contributed by atoms with Crippen LogP contribution in [0, 0.1) is 5.92 Å². The van der Waals surface area contributed by atoms with Gasteiger partial charge < -0.3 is 29.6 Å². The zero-order valence-corrected chi connectivity index (χ0v) is 18.2. The molecule has 0 radical (unpaired) electrons. The van der Waals surface area contributed by atoms with Crippen molar-refractivity contribution in [2.45, 2.75) is 19.1 Å². The Hall–Kier alpha value is -3.14. The number of piperidine rings is 1. The summed E-state index contributed by atoms with van der Waals surface area (Å²) in [6.07, 6.45) is 1.77. The van der Waals surface area contributed by atoms with Crippen LogP contribution in [-0.2, 0) is 14.3 Å². The van der Waals surface area contributed by atoms with Gasteiger partial charge in [-0.1, -0.05) is 12.1 Å². The number of anilines is 2. The molecule has 2 aromatic rings. The largest absolute Gasteiger partial charge is 0.454 e. The number of carbonyl (C=O) groups is 2. The summed E-state index contributed by atoms with van der Waals surface area (Å²) < 4.78 is 21.9. The monoisotopic (exact) mass is 453 g/mol. The van der Waals surface area contributed by atoms with E-state index in [1.165, 1.54) is 0 Å². The molecule has 9 heteroatoms. The van der Waals surface area contributed by atoms with E-state index >= 15 is 0 Å². The molecule has 3 heterocycles. The van der Waals surface area contributed by atoms with Crippen LogP contribution in [0.15, 0.2) is 42.5 Å². The second-order valence-electron chi connectivity index (χ2n) is 8.34. The molecule has 0 atom stereocenters. The average Bonchev–Trinajstić information content (AvgIpc) is 3.52. The summed E-state index contributed by atoms with van der Waals surface area (Å²) in [4.78, 5) is 27.7. The fourth-order valence-corrected chi connectivity index (χ4v) is 4.39. The maximum Gasteiger partial charge on any atom is 0.257 e. The van der Waals surface area contributed by atoms with Gasteiger partial charge in [0.05, 0.1) is 31.0 Å². The van der Waals surface area contributed by atoms with Crippen molar-refractivity contribution in [3.63, 3.8) is 0 Å². The van der Waals surface area contributed by atoms with Gasteiger partial charge in [0.2, 0.25) is 12.7 Å². The molecule has 2 aromatic carbocycles. The SMILES string of the molecule is O=C(CN1CCC(C2OCCO2)CC1)Nc1ccccc1C(=O)Nc1ccc2c(c1)OCO2. The van der Waals surface area contributed by atoms with Gasteiger partial charge in [0, 0.05) is 17.7 Å². The number of benzene rings is 2. The molecule has 5 rings (SSSR count). The molecular formula is C24H27N3O6. The summed E-state index contributed by atoms with van der Waals surface area (Å²) in [5.74, 6) is 1.15. The summed E-state index contributed by atoms with van der Waals surface area (Å²) in [7, 11) is 0. The Kier molecular flexibility index (Phi) is 6.43. The molecule has 0 saturated carbocycles. The van der Waals surface area contributed by atoms with Crippen LogP contribution in [-0.4, -0.2) is 62.6 Å². The van der Waals surface area contributed by atoms with Gasteiger partial charge in [-0.25, -0.2) is 0 Å². The number of rotatable bonds is 6. The van der Waals surface area contributed by atoms with Crippen molar-refractivity contribution in [3.05, 3.63) is 48.0 Å². The zero-order chi connectivity index (χ0) is 22.6. The highest BCUT2D eigenvalue weighted by molar-refractivity contribution is 6.10. The normalized spacial score (nSPS) is 18.9. The standard InChI is InChI=1S/C24H27N3O6/c28-22(14-27-9-7-16(8-10-27)24-30-11-12-31-24)26-19-4-2-1-3-18(19)23(29)25-17-5-6-20-21(13-17)33-15-32-20/h1-6,13,16,24H,7-12,14-15H2,(H,25,29)(H,26,28). The van der Waals surface area contributed by atoms with Gasteiger partial charge in [0.25, 0.3) is 5.91 Å². The van der Waals surface area contributed by atoms with Crippen molar-refractivity contribution in [2.75, 3.05) is 50.3 Å². The Labute approximate surface area is 191 Å². The minimum Gasteiger partial charge on any atom is -0.454 e. The van der Waals surface area contributed by atoms with E-state index in [1.54, 1.807) is 42.5 Å². The lowest BCUT2D eigenvalue weighted by atomic mass is 9.96. The fourth-order valence-electron chi connectivity index (χ4n) is 4.39. The number of amides is 2. The average molecular weight is 453 g/mol. The molecule has 3 aliphatic rings. The summed E-state index contributed by atoms with van der Waals surface area (Å²) in [6, 6.07) is 12.2. The molecule has 0 unspecified atom stereocenters. The Balaban J connectivity index is 1.16. The van der Waals surface area contributed by atoms with Crippen LogP contribution in [0.25, 0.3) is 0 Å². The molecule has 2 N–H and O–H groups in total. The van der Waals surface area contributed by atoms with Crippen LogP contribution in [0.4, 0.5) is 11.4 Å². The number of ether oxygens (including phenoxy) is 4. The Morgan fingerprint density at radius 2 is 1.70 bits per heavy atom. The smallest absolute Gasteiger partial charge is 0.257 e. The van der Waals surface area contributed by atoms with Gasteiger partial charge in [-0.2, -0.15) is 0 Å². The molecule has 0 spiro atoms. The van der Waals surface area contributed by atoms with Crippen molar-refractivity contribution >= 4 is 23.2 Å². The second kappa shape index (κ2) is 9.78. The number of nitrogens with one attached hydrogen (secondary N) is 2. The Bertz CT molecular complexity index is 1020. The van der Waals surface area contributed by atoms with Gasteiger partial charge in [0.15, 0.2) is 17.8 Å². The summed E-state index contributed by atoms with van der Waals surface area (Å²) >= 11 is 0. The molecule has 9 nitrogen and oxygen atoms in total. The van der Waals surface area contributed by atoms with Crippen LogP contribution >= 0.6 is 0 Å². The third-order valence-electron chi connectivity index (χ3n) is 6.11. The van der Waals surface area contributed by atoms with Crippen LogP contribution in [0.1, 0.15) is 23.2 Å². The van der Waals surface area contributed by atoms with Gasteiger partial charge in [-0.05, 0) is 50.2 Å². The Morgan fingerprint density at radius 3 is 2.52 bits per heavy atom. The molecule has 2 amide bonds. The Morgan fingerprint density at radius 1 is 0.939 bits per heavy atom. The molecule has 0 bridgehead atoms. The third kappa shape index (κ3) is 5.11. The van der Waals surface area contributed by atoms with Gasteiger partial charge in [0.1, 0.15) is 0 Å². The number of nitrogens with zero attached hydrogens (tertiary/aromatic N) is 1. The maximum atomic E-state index is 12.9. The third-order valence-corrected chi connectivity index (χ3v) is 6.11. The first-order valence-electron chi connectivity index (χ1n) is 11.2. The highest BCUT2D eigenvalue weighted by atomic mass is 16.7. The lowest BCUT2D eigenvalue weighted by molar-refractivity contribution is -0.119. The summed E-state index contributed by atoms with van der Waals surface area (Å²) in [5.41, 5.74) is 1.45. The quantitative estimate of drug-likeness (QED) is 0.694. The first-order valence-corrected chi connectivity index (χ1v) is 11.2. The van der Waals surface area contributed by atoms with Crippen LogP contribution in [0.5, 0.6) is 11.5 Å². The van der Waals surface area contributed by atoms with Crippen LogP contribution in [0.2, 0.25) is 0 Å². The van der Waals surface area contributed by atoms with E-state index in [0.29, 0.717) is 47.6 Å². The van der Waals surface area contributed by atoms with Crippen molar-refractivity contribution in [1.82, 2.24) is 4.90 Å². The zero-order valence-electron chi connectivity index (χ0n) is 18.2. The van der Waals surface area contributed by atoms with Crippen LogP contribution in [0.3, 0.4) is 0 Å². The lowest BCUT2D eigenvalue weighted by Crippen LogP contribution is -2.42. The van der Waals surface area contributed by atoms with Gasteiger partial charge in [-0.3, -0.25) is 14.5 Å². The highest BCUT2D eigenvalue weighted by Gasteiger charge is 2.31. The molecular weight excluding hydrogens is 426 g/mol. The minimum atomic E-state index is -0.317. The first kappa shape index (κ1) is 21.7. The fraction of sp³-hybridized carbons (Fsp3) is 0.417. The van der Waals surface area contributed by atoms with E-state index in [2.05, 4.69) is 15.5 Å². The molecule has 33 heavy (non-hydrogen) atoms. The number of para-hydroxylation sites is 1. The maximum absolute atomic E-state index is 12.9. The van der Waals surface area contributed by atoms with Gasteiger partial charge in [-0.15, -0.1) is 0 Å². The first-order chi connectivity index (χ1) is 16.2. The van der Waals surface area contributed by atoms with E-state index in [-0.39, 0.29) is 31.4 Å². The number of carbonyl (C=O) groups excluding carboxylic acids is 2. The van der Waals surface area contributed by atoms with Gasteiger partial charge >= 0.3 is 0 Å². The van der Waals surface area contributed by atoms with E-state index in [4.69, 9.17) is 18.9 Å². The lowest BCUT2D eigenvalue weighted by Gasteiger charge is -2.33. The topological polar surface area (TPSA) is 98.4 Å².